The van der Waals surface area contributed by atoms with Crippen LogP contribution in [0.4, 0.5) is 18.0 Å². The Morgan fingerprint density at radius 1 is 1.00 bits per heavy atom. The van der Waals surface area contributed by atoms with Gasteiger partial charge in [-0.1, -0.05) is 12.1 Å². The third-order valence-electron chi connectivity index (χ3n) is 7.98. The number of hydrogen-bond donors (Lipinski definition) is 1. The van der Waals surface area contributed by atoms with Crippen LogP contribution in [0.1, 0.15) is 71.2 Å². The van der Waals surface area contributed by atoms with Crippen LogP contribution in [0.5, 0.6) is 0 Å². The lowest BCUT2D eigenvalue weighted by atomic mass is 9.90. The summed E-state index contributed by atoms with van der Waals surface area (Å²) >= 11 is 0. The molecule has 1 N–H and O–H groups in total. The van der Waals surface area contributed by atoms with Crippen LogP contribution in [0.3, 0.4) is 0 Å². The summed E-state index contributed by atoms with van der Waals surface area (Å²) in [6, 6.07) is 2.25. The molecule has 5 rings (SSSR count). The monoisotopic (exact) mass is 520 g/mol. The average Bonchev–Trinajstić information content (AvgIpc) is 3.42. The molecule has 2 heterocycles. The fraction of sp³-hybridized carbons (Fsp3) is 0.520. The molecule has 2 fully saturated rings. The molecule has 1 aromatic carbocycles. The number of likely N-dealkylation sites (N-methyl/N-ethyl adjacent to an activating group) is 1. The molecule has 1 saturated carbocycles. The van der Waals surface area contributed by atoms with E-state index in [0.29, 0.717) is 38.8 Å². The van der Waals surface area contributed by atoms with Gasteiger partial charge in [-0.25, -0.2) is 14.4 Å². The summed E-state index contributed by atoms with van der Waals surface area (Å²) in [5.41, 5.74) is -2.92. The molecule has 1 atom stereocenters. The third-order valence-corrected chi connectivity index (χ3v) is 7.98. The van der Waals surface area contributed by atoms with E-state index in [-0.39, 0.29) is 36.0 Å². The van der Waals surface area contributed by atoms with Crippen molar-refractivity contribution in [3.8, 4) is 0 Å². The van der Waals surface area contributed by atoms with E-state index in [2.05, 4.69) is 0 Å². The second-order valence-corrected chi connectivity index (χ2v) is 10.00. The average molecular weight is 521 g/mol. The van der Waals surface area contributed by atoms with Crippen LogP contribution in [0.2, 0.25) is 0 Å². The van der Waals surface area contributed by atoms with Gasteiger partial charge in [0.2, 0.25) is 0 Å². The summed E-state index contributed by atoms with van der Waals surface area (Å²) in [5.74, 6) is -1.51. The highest BCUT2D eigenvalue weighted by Gasteiger charge is 2.39. The van der Waals surface area contributed by atoms with Crippen molar-refractivity contribution >= 4 is 12.0 Å². The van der Waals surface area contributed by atoms with E-state index in [0.717, 1.165) is 16.8 Å². The van der Waals surface area contributed by atoms with E-state index < -0.39 is 46.6 Å². The molecule has 2 aromatic rings. The number of aromatic nitrogens is 2. The Kier molecular flexibility index (Phi) is 6.15. The van der Waals surface area contributed by atoms with Gasteiger partial charge in [0.05, 0.1) is 11.6 Å². The summed E-state index contributed by atoms with van der Waals surface area (Å²) in [4.78, 5) is 54.5. The lowest BCUT2D eigenvalue weighted by Crippen LogP contribution is -2.47. The fourth-order valence-electron chi connectivity index (χ4n) is 6.10. The van der Waals surface area contributed by atoms with Gasteiger partial charge in [-0.2, -0.15) is 13.2 Å². The van der Waals surface area contributed by atoms with Crippen molar-refractivity contribution in [2.45, 2.75) is 62.8 Å². The van der Waals surface area contributed by atoms with Crippen LogP contribution in [0.15, 0.2) is 34.0 Å². The molecule has 1 unspecified atom stereocenters. The van der Waals surface area contributed by atoms with Gasteiger partial charge in [0.15, 0.2) is 0 Å². The van der Waals surface area contributed by atoms with Crippen LogP contribution < -0.4 is 11.2 Å². The molecule has 1 saturated heterocycles. The summed E-state index contributed by atoms with van der Waals surface area (Å²) in [5, 5.41) is 9.71. The molecule has 9 nitrogen and oxygen atoms in total. The Labute approximate surface area is 209 Å². The molecule has 12 heteroatoms. The maximum absolute atomic E-state index is 13.6. The maximum atomic E-state index is 13.6. The lowest BCUT2D eigenvalue weighted by Gasteiger charge is -2.35. The number of urea groups is 1. The highest BCUT2D eigenvalue weighted by molar-refractivity contribution is 5.86. The van der Waals surface area contributed by atoms with E-state index in [1.165, 1.54) is 16.7 Å². The van der Waals surface area contributed by atoms with Crippen molar-refractivity contribution in [2.75, 3.05) is 20.1 Å². The Hall–Kier alpha value is -3.57. The number of amides is 2. The molecule has 1 aliphatic heterocycles. The molecular formula is C25H27F3N4O5. The molecule has 3 aliphatic rings. The third kappa shape index (κ3) is 4.21. The van der Waals surface area contributed by atoms with Gasteiger partial charge < -0.3 is 14.9 Å². The van der Waals surface area contributed by atoms with Gasteiger partial charge in [0.1, 0.15) is 5.56 Å². The van der Waals surface area contributed by atoms with Gasteiger partial charge in [0.25, 0.3) is 5.56 Å². The molecule has 0 spiro atoms. The normalized spacial score (nSPS) is 24.0. The Morgan fingerprint density at radius 3 is 2.27 bits per heavy atom. The number of carboxylic acids is 1. The van der Waals surface area contributed by atoms with Crippen molar-refractivity contribution in [1.29, 1.82) is 0 Å². The van der Waals surface area contributed by atoms with Gasteiger partial charge >= 0.3 is 23.9 Å². The number of nitrogens with zero attached hydrogens (tertiary/aromatic N) is 4. The number of carbonyl (C=O) groups excluding carboxylic acids is 1. The number of fused-ring (bicyclic) bond motifs is 1. The minimum Gasteiger partial charge on any atom is -0.477 e. The number of carboxylic acid groups (broad SMARTS) is 1. The van der Waals surface area contributed by atoms with Crippen LogP contribution in [0, 0.1) is 0 Å². The van der Waals surface area contributed by atoms with Gasteiger partial charge in [0, 0.05) is 38.4 Å². The second-order valence-electron chi connectivity index (χ2n) is 10.00. The van der Waals surface area contributed by atoms with E-state index in [9.17, 15) is 37.5 Å². The number of aromatic carboxylic acids is 1. The number of hydrogen-bond acceptors (Lipinski definition) is 4. The topological polar surface area (TPSA) is 105 Å². The predicted molar refractivity (Wildman–Crippen MR) is 126 cm³/mol. The molecule has 0 radical (unpaired) electrons. The first-order valence-electron chi connectivity index (χ1n) is 12.3. The Bertz CT molecular complexity index is 1370. The largest absolute Gasteiger partial charge is 0.477 e. The molecular weight excluding hydrogens is 493 g/mol. The molecule has 2 aliphatic carbocycles. The first-order valence-corrected chi connectivity index (χ1v) is 12.3. The van der Waals surface area contributed by atoms with Crippen LogP contribution in [-0.4, -0.2) is 62.2 Å². The summed E-state index contributed by atoms with van der Waals surface area (Å²) in [7, 11) is 1.74. The van der Waals surface area contributed by atoms with Crippen molar-refractivity contribution < 1.29 is 27.9 Å². The zero-order chi connectivity index (χ0) is 26.6. The van der Waals surface area contributed by atoms with Crippen molar-refractivity contribution in [3.05, 3.63) is 67.5 Å². The van der Waals surface area contributed by atoms with E-state index >= 15 is 0 Å². The minimum atomic E-state index is -4.58. The zero-order valence-corrected chi connectivity index (χ0v) is 20.2. The number of benzene rings is 1. The second kappa shape index (κ2) is 9.07. The van der Waals surface area contributed by atoms with Crippen LogP contribution >= 0.6 is 0 Å². The van der Waals surface area contributed by atoms with E-state index in [1.54, 1.807) is 11.9 Å². The van der Waals surface area contributed by atoms with Gasteiger partial charge in [-0.15, -0.1) is 0 Å². The SMILES string of the molecule is CN1CCN(C2CCC(n3cc(C(=O)O)c(=O)n(C4CCc5c4cccc5C(F)(F)F)c3=O)CC2)C1=O. The van der Waals surface area contributed by atoms with E-state index in [4.69, 9.17) is 0 Å². The zero-order valence-electron chi connectivity index (χ0n) is 20.2. The number of alkyl halides is 3. The maximum Gasteiger partial charge on any atom is 0.416 e. The number of carbonyl (C=O) groups is 2. The number of halogens is 3. The summed E-state index contributed by atoms with van der Waals surface area (Å²) in [6.45, 7) is 1.27. The Balaban J connectivity index is 1.51. The highest BCUT2D eigenvalue weighted by atomic mass is 19.4. The lowest BCUT2D eigenvalue weighted by molar-refractivity contribution is -0.138. The van der Waals surface area contributed by atoms with E-state index in [1.807, 2.05) is 4.90 Å². The summed E-state index contributed by atoms with van der Waals surface area (Å²) in [6.07, 6.45) is -1.22. The molecule has 198 valence electrons. The van der Waals surface area contributed by atoms with Crippen LogP contribution in [-0.2, 0) is 12.6 Å². The first-order chi connectivity index (χ1) is 17.5. The van der Waals surface area contributed by atoms with Crippen molar-refractivity contribution in [2.24, 2.45) is 0 Å². The van der Waals surface area contributed by atoms with Gasteiger partial charge in [-0.05, 0) is 55.7 Å². The quantitative estimate of drug-likeness (QED) is 0.667. The fourth-order valence-corrected chi connectivity index (χ4v) is 6.10. The Morgan fingerprint density at radius 2 is 1.68 bits per heavy atom. The van der Waals surface area contributed by atoms with Crippen LogP contribution in [0.25, 0.3) is 0 Å². The number of rotatable bonds is 4. The highest BCUT2D eigenvalue weighted by Crippen LogP contribution is 2.41. The standard InChI is InChI=1S/C25H27F3N4O5/c1-29-11-12-30(23(29)36)14-5-7-15(8-6-14)31-13-18(22(34)35)21(33)32(24(31)37)20-10-9-16-17(20)3-2-4-19(16)25(26,27)28/h2-4,13-15,20H,5-12H2,1H3,(H,34,35). The molecule has 1 aromatic heterocycles. The summed E-state index contributed by atoms with van der Waals surface area (Å²) < 4.78 is 42.7. The molecule has 0 bridgehead atoms. The molecule has 37 heavy (non-hydrogen) atoms. The smallest absolute Gasteiger partial charge is 0.416 e. The van der Waals surface area contributed by atoms with Crippen molar-refractivity contribution in [3.63, 3.8) is 0 Å². The predicted octanol–water partition coefficient (Wildman–Crippen LogP) is 3.11. The van der Waals surface area contributed by atoms with Gasteiger partial charge in [-0.3, -0.25) is 13.9 Å². The molecule has 2 amide bonds. The van der Waals surface area contributed by atoms with Crippen molar-refractivity contribution in [1.82, 2.24) is 18.9 Å². The minimum absolute atomic E-state index is 0.0109. The first kappa shape index (κ1) is 25.1.